The molecule has 0 aromatic rings. The van der Waals surface area contributed by atoms with Crippen molar-refractivity contribution in [3.05, 3.63) is 0 Å². The van der Waals surface area contributed by atoms with E-state index in [-0.39, 0.29) is 0 Å². The Morgan fingerprint density at radius 1 is 0.941 bits per heavy atom. The Bertz CT molecular complexity index is 719. The number of rotatable bonds is 6. The number of carboxylic acids is 1. The van der Waals surface area contributed by atoms with Crippen molar-refractivity contribution in [2.75, 3.05) is 6.61 Å². The van der Waals surface area contributed by atoms with Gasteiger partial charge in [-0.1, -0.05) is 20.8 Å². The zero-order valence-corrected chi connectivity index (χ0v) is 20.7. The molecule has 2 aliphatic rings. The van der Waals surface area contributed by atoms with E-state index in [4.69, 9.17) is 18.9 Å². The molecule has 10 atom stereocenters. The Morgan fingerprint density at radius 2 is 1.53 bits per heavy atom. The zero-order valence-electron chi connectivity index (χ0n) is 20.7. The number of carbonyl (C=O) groups excluding carboxylic acids is 1. The molecule has 0 aromatic heterocycles. The summed E-state index contributed by atoms with van der Waals surface area (Å²) in [5, 5.41) is 54.4. The summed E-state index contributed by atoms with van der Waals surface area (Å²) in [6.45, 7) is 11.2. The van der Waals surface area contributed by atoms with Crippen LogP contribution in [0.2, 0.25) is 0 Å². The van der Waals surface area contributed by atoms with Crippen LogP contribution in [-0.4, -0.2) is 111 Å². The molecule has 10 unspecified atom stereocenters. The molecule has 12 nitrogen and oxygen atoms in total. The SMILES string of the molecule is CC(=O)NC1C(OC2OC(C(=O)O)C(OC(C)(C)C)C(O)C2O)C(O)C(CO)OC1C(C)(C)C. The smallest absolute Gasteiger partial charge is 0.335 e. The number of aliphatic hydroxyl groups excluding tert-OH is 4. The van der Waals surface area contributed by atoms with Crippen LogP contribution in [-0.2, 0) is 28.5 Å². The topological polar surface area (TPSA) is 184 Å². The molecule has 2 aliphatic heterocycles. The molecule has 2 saturated heterocycles. The van der Waals surface area contributed by atoms with E-state index >= 15 is 0 Å². The van der Waals surface area contributed by atoms with E-state index < -0.39 is 90.7 Å². The molecule has 2 heterocycles. The molecule has 0 aliphatic carbocycles. The van der Waals surface area contributed by atoms with Gasteiger partial charge in [-0.3, -0.25) is 4.79 Å². The summed E-state index contributed by atoms with van der Waals surface area (Å²) >= 11 is 0. The highest BCUT2D eigenvalue weighted by molar-refractivity contribution is 5.74. The number of aliphatic carboxylic acids is 1. The fraction of sp³-hybridized carbons (Fsp3) is 0.909. The van der Waals surface area contributed by atoms with Crippen LogP contribution >= 0.6 is 0 Å². The molecule has 0 saturated carbocycles. The predicted molar refractivity (Wildman–Crippen MR) is 117 cm³/mol. The second-order valence-corrected chi connectivity index (χ2v) is 10.9. The Morgan fingerprint density at radius 3 is 1.97 bits per heavy atom. The lowest BCUT2D eigenvalue weighted by Gasteiger charge is -2.51. The Kier molecular flexibility index (Phi) is 9.09. The summed E-state index contributed by atoms with van der Waals surface area (Å²) in [6.07, 6.45) is -12.8. The Hall–Kier alpha value is -1.38. The van der Waals surface area contributed by atoms with E-state index in [1.165, 1.54) is 6.92 Å². The van der Waals surface area contributed by atoms with Gasteiger partial charge < -0.3 is 49.8 Å². The minimum Gasteiger partial charge on any atom is -0.479 e. The van der Waals surface area contributed by atoms with E-state index in [0.717, 1.165) is 0 Å². The highest BCUT2D eigenvalue weighted by Crippen LogP contribution is 2.36. The van der Waals surface area contributed by atoms with Gasteiger partial charge in [0.1, 0.15) is 36.6 Å². The minimum atomic E-state index is -1.74. The lowest BCUT2D eigenvalue weighted by atomic mass is 9.78. The molecule has 2 fully saturated rings. The molecular weight excluding hydrogens is 454 g/mol. The van der Waals surface area contributed by atoms with Gasteiger partial charge in [-0.25, -0.2) is 4.79 Å². The molecule has 198 valence electrons. The van der Waals surface area contributed by atoms with Gasteiger partial charge in [0.05, 0.1) is 24.4 Å². The Labute approximate surface area is 199 Å². The van der Waals surface area contributed by atoms with Gasteiger partial charge in [-0.2, -0.15) is 0 Å². The molecular formula is C22H39NO11. The third-order valence-corrected chi connectivity index (χ3v) is 5.69. The zero-order chi connectivity index (χ0) is 26.2. The third kappa shape index (κ3) is 6.64. The number of ether oxygens (including phenoxy) is 4. The van der Waals surface area contributed by atoms with Gasteiger partial charge in [0.2, 0.25) is 5.91 Å². The number of hydrogen-bond donors (Lipinski definition) is 6. The monoisotopic (exact) mass is 493 g/mol. The molecule has 6 N–H and O–H groups in total. The van der Waals surface area contributed by atoms with Crippen molar-refractivity contribution in [1.82, 2.24) is 5.32 Å². The average Bonchev–Trinajstić information content (AvgIpc) is 2.67. The minimum absolute atomic E-state index is 0.446. The number of hydrogen-bond acceptors (Lipinski definition) is 10. The summed E-state index contributed by atoms with van der Waals surface area (Å²) in [5.41, 5.74) is -1.43. The second-order valence-electron chi connectivity index (χ2n) is 10.9. The van der Waals surface area contributed by atoms with Crippen molar-refractivity contribution in [3.8, 4) is 0 Å². The van der Waals surface area contributed by atoms with Crippen LogP contribution in [0.15, 0.2) is 0 Å². The largest absolute Gasteiger partial charge is 0.479 e. The molecule has 0 radical (unpaired) electrons. The van der Waals surface area contributed by atoms with E-state index in [2.05, 4.69) is 5.32 Å². The van der Waals surface area contributed by atoms with Gasteiger partial charge in [-0.15, -0.1) is 0 Å². The number of carboxylic acid groups (broad SMARTS) is 1. The average molecular weight is 494 g/mol. The van der Waals surface area contributed by atoms with Gasteiger partial charge in [-0.05, 0) is 26.2 Å². The van der Waals surface area contributed by atoms with Gasteiger partial charge >= 0.3 is 5.97 Å². The van der Waals surface area contributed by atoms with Crippen molar-refractivity contribution in [2.24, 2.45) is 5.41 Å². The molecule has 1 amide bonds. The molecule has 0 bridgehead atoms. The molecule has 2 rings (SSSR count). The van der Waals surface area contributed by atoms with Crippen molar-refractivity contribution in [3.63, 3.8) is 0 Å². The molecule has 34 heavy (non-hydrogen) atoms. The van der Waals surface area contributed by atoms with Gasteiger partial charge in [0.15, 0.2) is 12.4 Å². The first-order chi connectivity index (χ1) is 15.5. The van der Waals surface area contributed by atoms with Crippen LogP contribution in [0.1, 0.15) is 48.5 Å². The maximum atomic E-state index is 11.9. The highest BCUT2D eigenvalue weighted by Gasteiger charge is 2.55. The fourth-order valence-corrected chi connectivity index (χ4v) is 4.24. The van der Waals surface area contributed by atoms with Crippen LogP contribution in [0.4, 0.5) is 0 Å². The molecule has 0 aromatic carbocycles. The first kappa shape index (κ1) is 28.9. The summed E-state index contributed by atoms with van der Waals surface area (Å²) in [4.78, 5) is 23.8. The highest BCUT2D eigenvalue weighted by atomic mass is 16.7. The maximum Gasteiger partial charge on any atom is 0.335 e. The van der Waals surface area contributed by atoms with Crippen LogP contribution in [0.3, 0.4) is 0 Å². The predicted octanol–water partition coefficient (Wildman–Crippen LogP) is -1.24. The first-order valence-corrected chi connectivity index (χ1v) is 11.3. The van der Waals surface area contributed by atoms with Crippen LogP contribution in [0.25, 0.3) is 0 Å². The molecule has 12 heteroatoms. The van der Waals surface area contributed by atoms with Crippen LogP contribution in [0, 0.1) is 5.41 Å². The second kappa shape index (κ2) is 10.7. The van der Waals surface area contributed by atoms with Crippen LogP contribution < -0.4 is 5.32 Å². The first-order valence-electron chi connectivity index (χ1n) is 11.3. The standard InChI is InChI=1S/C22H39NO11/c1-9(25)23-11-15(12(26)10(8-24)31-18(11)21(2,3)4)32-20-14(28)13(27)16(34-22(5,6)7)17(33-20)19(29)30/h10-18,20,24,26-28H,8H2,1-7H3,(H,23,25)(H,29,30). The lowest BCUT2D eigenvalue weighted by Crippen LogP contribution is -2.69. The van der Waals surface area contributed by atoms with Crippen molar-refractivity contribution in [2.45, 2.75) is 115 Å². The Balaban J connectivity index is 2.39. The van der Waals surface area contributed by atoms with Gasteiger partial charge in [0, 0.05) is 6.92 Å². The van der Waals surface area contributed by atoms with Gasteiger partial charge in [0.25, 0.3) is 0 Å². The van der Waals surface area contributed by atoms with Crippen molar-refractivity contribution < 1.29 is 54.1 Å². The summed E-state index contributed by atoms with van der Waals surface area (Å²) in [6, 6.07) is -0.949. The number of nitrogens with one attached hydrogen (secondary N) is 1. The van der Waals surface area contributed by atoms with E-state index in [1.807, 2.05) is 20.8 Å². The normalized spacial score (nSPS) is 39.5. The molecule has 0 spiro atoms. The fourth-order valence-electron chi connectivity index (χ4n) is 4.24. The van der Waals surface area contributed by atoms with E-state index in [1.54, 1.807) is 20.8 Å². The van der Waals surface area contributed by atoms with Crippen LogP contribution in [0.5, 0.6) is 0 Å². The lowest BCUT2D eigenvalue weighted by molar-refractivity contribution is -0.338. The summed E-state index contributed by atoms with van der Waals surface area (Å²) < 4.78 is 22.8. The summed E-state index contributed by atoms with van der Waals surface area (Å²) in [5.74, 6) is -1.89. The summed E-state index contributed by atoms with van der Waals surface area (Å²) in [7, 11) is 0. The third-order valence-electron chi connectivity index (χ3n) is 5.69. The number of carbonyl (C=O) groups is 2. The quantitative estimate of drug-likeness (QED) is 0.260. The van der Waals surface area contributed by atoms with E-state index in [9.17, 15) is 35.1 Å². The number of aliphatic hydroxyl groups is 4. The van der Waals surface area contributed by atoms with E-state index in [0.29, 0.717) is 0 Å². The van der Waals surface area contributed by atoms with Crippen molar-refractivity contribution in [1.29, 1.82) is 0 Å². The van der Waals surface area contributed by atoms with Crippen molar-refractivity contribution >= 4 is 11.9 Å². The number of amides is 1. The maximum absolute atomic E-state index is 11.9.